The zero-order valence-electron chi connectivity index (χ0n) is 13.4. The van der Waals surface area contributed by atoms with Gasteiger partial charge in [0.05, 0.1) is 12.7 Å². The third-order valence-corrected chi connectivity index (χ3v) is 5.97. The van der Waals surface area contributed by atoms with Crippen LogP contribution in [0.3, 0.4) is 0 Å². The number of hydrogen-bond acceptors (Lipinski definition) is 6. The quantitative estimate of drug-likeness (QED) is 0.694. The van der Waals surface area contributed by atoms with Gasteiger partial charge < -0.3 is 9.26 Å². The van der Waals surface area contributed by atoms with E-state index in [0.29, 0.717) is 36.5 Å². The maximum atomic E-state index is 12.7. The summed E-state index contributed by atoms with van der Waals surface area (Å²) in [6, 6.07) is 10.8. The second-order valence-electron chi connectivity index (χ2n) is 5.96. The lowest BCUT2D eigenvalue weighted by molar-refractivity contribution is 0.214. The maximum Gasteiger partial charge on any atom is 0.220 e. The Balaban J connectivity index is 1.46. The number of nitrogens with zero attached hydrogens (tertiary/aromatic N) is 3. The Morgan fingerprint density at radius 3 is 2.96 bits per heavy atom. The average Bonchev–Trinajstić information content (AvgIpc) is 3.24. The van der Waals surface area contributed by atoms with Gasteiger partial charge in [0.1, 0.15) is 23.3 Å². The van der Waals surface area contributed by atoms with Crippen LogP contribution in [-0.2, 0) is 15.8 Å². The van der Waals surface area contributed by atoms with E-state index in [9.17, 15) is 8.42 Å². The van der Waals surface area contributed by atoms with Crippen molar-refractivity contribution in [3.05, 3.63) is 54.5 Å². The first-order chi connectivity index (χ1) is 12.1. The van der Waals surface area contributed by atoms with Crippen molar-refractivity contribution in [1.29, 1.82) is 0 Å². The van der Waals surface area contributed by atoms with Gasteiger partial charge in [0.15, 0.2) is 5.58 Å². The predicted molar refractivity (Wildman–Crippen MR) is 91.5 cm³/mol. The van der Waals surface area contributed by atoms with E-state index >= 15 is 0 Å². The van der Waals surface area contributed by atoms with Crippen molar-refractivity contribution in [1.82, 2.24) is 14.4 Å². The molecule has 1 saturated heterocycles. The van der Waals surface area contributed by atoms with E-state index < -0.39 is 10.0 Å². The van der Waals surface area contributed by atoms with Crippen molar-refractivity contribution in [2.24, 2.45) is 0 Å². The monoisotopic (exact) mass is 359 g/mol. The Labute approximate surface area is 145 Å². The minimum Gasteiger partial charge on any atom is -0.487 e. The maximum absolute atomic E-state index is 12.7. The summed E-state index contributed by atoms with van der Waals surface area (Å²) in [5, 5.41) is 4.65. The molecule has 3 aromatic rings. The van der Waals surface area contributed by atoms with Crippen molar-refractivity contribution in [2.45, 2.75) is 18.3 Å². The van der Waals surface area contributed by atoms with Crippen LogP contribution in [0.4, 0.5) is 0 Å². The summed E-state index contributed by atoms with van der Waals surface area (Å²) in [6.07, 6.45) is 3.76. The molecule has 1 aromatic carbocycles. The first kappa shape index (κ1) is 16.0. The molecular weight excluding hydrogens is 342 g/mol. The molecule has 25 heavy (non-hydrogen) atoms. The molecule has 1 atom stereocenters. The molecule has 2 aromatic heterocycles. The number of pyridine rings is 1. The standard InChI is InChI=1S/C17H17N3O4S/c21-25(22,12-16-15-5-1-2-6-17(15)24-19-16)20-9-7-14(11-20)23-13-4-3-8-18-10-13/h1-6,8,10,14H,7,9,11-12H2/t14-/m0/s1. The highest BCUT2D eigenvalue weighted by Gasteiger charge is 2.33. The fourth-order valence-corrected chi connectivity index (χ4v) is 4.48. The van der Waals surface area contributed by atoms with Crippen molar-refractivity contribution in [3.63, 3.8) is 0 Å². The van der Waals surface area contributed by atoms with E-state index in [1.165, 1.54) is 4.31 Å². The first-order valence-electron chi connectivity index (χ1n) is 7.99. The van der Waals surface area contributed by atoms with Crippen LogP contribution in [0.5, 0.6) is 5.75 Å². The summed E-state index contributed by atoms with van der Waals surface area (Å²) in [5.41, 5.74) is 1.03. The molecule has 0 amide bonds. The van der Waals surface area contributed by atoms with Gasteiger partial charge in [-0.05, 0) is 30.7 Å². The van der Waals surface area contributed by atoms with Crippen LogP contribution >= 0.6 is 0 Å². The molecule has 0 spiro atoms. The van der Waals surface area contributed by atoms with Gasteiger partial charge in [0.25, 0.3) is 0 Å². The molecule has 8 heteroatoms. The van der Waals surface area contributed by atoms with Crippen LogP contribution in [0.2, 0.25) is 0 Å². The third-order valence-electron chi connectivity index (χ3n) is 4.21. The van der Waals surface area contributed by atoms with E-state index in [-0.39, 0.29) is 11.9 Å². The third kappa shape index (κ3) is 3.35. The Morgan fingerprint density at radius 1 is 1.24 bits per heavy atom. The van der Waals surface area contributed by atoms with Gasteiger partial charge in [-0.1, -0.05) is 17.3 Å². The summed E-state index contributed by atoms with van der Waals surface area (Å²) in [4.78, 5) is 4.00. The fraction of sp³-hybridized carbons (Fsp3) is 0.294. The smallest absolute Gasteiger partial charge is 0.220 e. The highest BCUT2D eigenvalue weighted by atomic mass is 32.2. The Hall–Kier alpha value is -2.45. The summed E-state index contributed by atoms with van der Waals surface area (Å²) in [5.74, 6) is 0.470. The van der Waals surface area contributed by atoms with Crippen molar-refractivity contribution >= 4 is 21.0 Å². The zero-order chi connectivity index (χ0) is 17.3. The summed E-state index contributed by atoms with van der Waals surface area (Å²) < 4.78 is 37.9. The molecule has 0 N–H and O–H groups in total. The number of para-hydroxylation sites is 1. The highest BCUT2D eigenvalue weighted by Crippen LogP contribution is 2.24. The molecule has 0 bridgehead atoms. The molecule has 1 aliphatic heterocycles. The molecule has 3 heterocycles. The highest BCUT2D eigenvalue weighted by molar-refractivity contribution is 7.88. The van der Waals surface area contributed by atoms with Gasteiger partial charge >= 0.3 is 0 Å². The number of aromatic nitrogens is 2. The Bertz CT molecular complexity index is 972. The van der Waals surface area contributed by atoms with E-state index in [4.69, 9.17) is 9.26 Å². The molecule has 130 valence electrons. The normalized spacial score (nSPS) is 18.6. The Morgan fingerprint density at radius 2 is 2.12 bits per heavy atom. The zero-order valence-corrected chi connectivity index (χ0v) is 14.2. The summed E-state index contributed by atoms with van der Waals surface area (Å²) in [6.45, 7) is 0.760. The lowest BCUT2D eigenvalue weighted by Crippen LogP contribution is -2.32. The number of fused-ring (bicyclic) bond motifs is 1. The average molecular weight is 359 g/mol. The lowest BCUT2D eigenvalue weighted by Gasteiger charge is -2.16. The van der Waals surface area contributed by atoms with Crippen LogP contribution in [0.15, 0.2) is 53.3 Å². The van der Waals surface area contributed by atoms with Gasteiger partial charge in [0, 0.05) is 18.1 Å². The number of hydrogen-bond donors (Lipinski definition) is 0. The fourth-order valence-electron chi connectivity index (χ4n) is 2.96. The molecule has 4 rings (SSSR count). The summed E-state index contributed by atoms with van der Waals surface area (Å²) in [7, 11) is -3.48. The minimum atomic E-state index is -3.48. The topological polar surface area (TPSA) is 85.5 Å². The molecule has 7 nitrogen and oxygen atoms in total. The van der Waals surface area contributed by atoms with Crippen molar-refractivity contribution in [2.75, 3.05) is 13.1 Å². The number of rotatable bonds is 5. The second kappa shape index (κ2) is 6.45. The van der Waals surface area contributed by atoms with Gasteiger partial charge in [0.2, 0.25) is 10.0 Å². The Kier molecular flexibility index (Phi) is 4.14. The predicted octanol–water partition coefficient (Wildman–Crippen LogP) is 2.21. The molecule has 0 radical (unpaired) electrons. The van der Waals surface area contributed by atoms with Crippen LogP contribution < -0.4 is 4.74 Å². The molecule has 0 saturated carbocycles. The van der Waals surface area contributed by atoms with Crippen LogP contribution in [0, 0.1) is 0 Å². The van der Waals surface area contributed by atoms with Crippen molar-refractivity contribution in [3.8, 4) is 5.75 Å². The van der Waals surface area contributed by atoms with Crippen LogP contribution in [0.25, 0.3) is 11.0 Å². The van der Waals surface area contributed by atoms with Crippen LogP contribution in [0.1, 0.15) is 12.1 Å². The molecule has 1 aliphatic rings. The van der Waals surface area contributed by atoms with E-state index in [2.05, 4.69) is 10.1 Å². The molecule has 1 fully saturated rings. The van der Waals surface area contributed by atoms with Gasteiger partial charge in [-0.15, -0.1) is 0 Å². The van der Waals surface area contributed by atoms with Gasteiger partial charge in [-0.3, -0.25) is 4.98 Å². The SMILES string of the molecule is O=S(=O)(Cc1noc2ccccc12)N1CC[C@H](Oc2cccnc2)C1. The number of benzene rings is 1. The molecule has 0 aliphatic carbocycles. The lowest BCUT2D eigenvalue weighted by atomic mass is 10.2. The van der Waals surface area contributed by atoms with Gasteiger partial charge in [-0.25, -0.2) is 8.42 Å². The first-order valence-corrected chi connectivity index (χ1v) is 9.60. The second-order valence-corrected chi connectivity index (χ2v) is 7.93. The number of ether oxygens (including phenoxy) is 1. The van der Waals surface area contributed by atoms with Gasteiger partial charge in [-0.2, -0.15) is 4.31 Å². The van der Waals surface area contributed by atoms with Crippen molar-refractivity contribution < 1.29 is 17.7 Å². The molecular formula is C17H17N3O4S. The van der Waals surface area contributed by atoms with E-state index in [0.717, 1.165) is 5.39 Å². The van der Waals surface area contributed by atoms with E-state index in [1.807, 2.05) is 24.3 Å². The minimum absolute atomic E-state index is 0.173. The molecule has 0 unspecified atom stereocenters. The van der Waals surface area contributed by atoms with Crippen LogP contribution in [-0.4, -0.2) is 42.1 Å². The largest absolute Gasteiger partial charge is 0.487 e. The summed E-state index contributed by atoms with van der Waals surface area (Å²) >= 11 is 0. The number of sulfonamides is 1. The van der Waals surface area contributed by atoms with E-state index in [1.54, 1.807) is 24.5 Å².